The Morgan fingerprint density at radius 1 is 1.00 bits per heavy atom. The average Bonchev–Trinajstić information content (AvgIpc) is 3.30. The van der Waals surface area contributed by atoms with Crippen LogP contribution in [0.15, 0.2) is 42.5 Å². The first kappa shape index (κ1) is 24.4. The van der Waals surface area contributed by atoms with Gasteiger partial charge in [0.25, 0.3) is 0 Å². The molecule has 2 aromatic carbocycles. The normalized spacial score (nSPS) is 15.7. The van der Waals surface area contributed by atoms with Crippen molar-refractivity contribution in [3.05, 3.63) is 59.2 Å². The largest absolute Gasteiger partial charge is 0.493 e. The third kappa shape index (κ3) is 7.41. The zero-order chi connectivity index (χ0) is 23.0. The molecule has 0 radical (unpaired) electrons. The first-order valence-electron chi connectivity index (χ1n) is 11.3. The summed E-state index contributed by atoms with van der Waals surface area (Å²) in [5.74, 6) is 1.51. The van der Waals surface area contributed by atoms with Crippen LogP contribution in [0.5, 0.6) is 11.5 Å². The van der Waals surface area contributed by atoms with E-state index in [1.165, 1.54) is 25.0 Å². The van der Waals surface area contributed by atoms with E-state index in [9.17, 15) is 13.2 Å². The highest BCUT2D eigenvalue weighted by Gasteiger charge is 2.29. The van der Waals surface area contributed by atoms with E-state index >= 15 is 0 Å². The van der Waals surface area contributed by atoms with Gasteiger partial charge in [-0.1, -0.05) is 18.2 Å². The van der Waals surface area contributed by atoms with Crippen molar-refractivity contribution in [2.75, 3.05) is 33.4 Å². The number of rotatable bonds is 11. The van der Waals surface area contributed by atoms with E-state index < -0.39 is 11.7 Å². The number of halogens is 3. The Morgan fingerprint density at radius 2 is 1.69 bits per heavy atom. The number of nitrogens with one attached hydrogen (secondary N) is 1. The molecule has 3 rings (SSSR count). The van der Waals surface area contributed by atoms with Crippen molar-refractivity contribution in [3.63, 3.8) is 0 Å². The van der Waals surface area contributed by atoms with Crippen LogP contribution >= 0.6 is 0 Å². The number of nitrogens with zero attached hydrogens (tertiary/aromatic N) is 1. The molecule has 0 amide bonds. The molecule has 2 aromatic rings. The van der Waals surface area contributed by atoms with Gasteiger partial charge in [0.1, 0.15) is 6.61 Å². The van der Waals surface area contributed by atoms with E-state index in [2.05, 4.69) is 23.2 Å². The highest BCUT2D eigenvalue weighted by Crippen LogP contribution is 2.30. The fourth-order valence-corrected chi connectivity index (χ4v) is 3.87. The van der Waals surface area contributed by atoms with Crippen LogP contribution in [-0.4, -0.2) is 44.3 Å². The van der Waals surface area contributed by atoms with Crippen LogP contribution in [-0.2, 0) is 19.1 Å². The van der Waals surface area contributed by atoms with E-state index in [0.717, 1.165) is 67.2 Å². The Hall–Kier alpha value is -2.25. The van der Waals surface area contributed by atoms with E-state index in [4.69, 9.17) is 9.47 Å². The lowest BCUT2D eigenvalue weighted by Gasteiger charge is -2.17. The predicted octanol–water partition coefficient (Wildman–Crippen LogP) is 5.30. The number of alkyl halides is 3. The summed E-state index contributed by atoms with van der Waals surface area (Å²) >= 11 is 0. The lowest BCUT2D eigenvalue weighted by atomic mass is 10.0. The summed E-state index contributed by atoms with van der Waals surface area (Å²) in [5, 5.41) is 3.38. The molecule has 0 aromatic heterocycles. The Kier molecular flexibility index (Phi) is 8.82. The lowest BCUT2D eigenvalue weighted by molar-refractivity contribution is -0.137. The molecule has 0 unspecified atom stereocenters. The molecule has 1 aliphatic rings. The summed E-state index contributed by atoms with van der Waals surface area (Å²) in [5.41, 5.74) is 1.38. The summed E-state index contributed by atoms with van der Waals surface area (Å²) < 4.78 is 49.5. The first-order valence-corrected chi connectivity index (χ1v) is 11.3. The van der Waals surface area contributed by atoms with Crippen LogP contribution in [0.4, 0.5) is 13.2 Å². The molecule has 1 atom stereocenters. The van der Waals surface area contributed by atoms with Gasteiger partial charge in [0.05, 0.1) is 12.7 Å². The standard InChI is InChI=1S/C25H33F3N2O2/c1-19(29-18-21-7-10-22(11-8-21)25(26,27)28)5-6-20-9-12-23(24(17-20)31-2)32-16-15-30-13-3-4-14-30/h7-12,17,19,29H,3-6,13-16,18H2,1-2H3/t19-/m1/s1. The van der Waals surface area contributed by atoms with Crippen LogP contribution in [0, 0.1) is 0 Å². The highest BCUT2D eigenvalue weighted by atomic mass is 19.4. The van der Waals surface area contributed by atoms with E-state index in [-0.39, 0.29) is 6.04 Å². The summed E-state index contributed by atoms with van der Waals surface area (Å²) in [6, 6.07) is 11.6. The molecule has 4 nitrogen and oxygen atoms in total. The quantitative estimate of drug-likeness (QED) is 0.504. The van der Waals surface area contributed by atoms with Crippen LogP contribution in [0.1, 0.15) is 42.9 Å². The van der Waals surface area contributed by atoms with E-state index in [1.54, 1.807) is 7.11 Å². The van der Waals surface area contributed by atoms with Crippen molar-refractivity contribution in [3.8, 4) is 11.5 Å². The minimum Gasteiger partial charge on any atom is -0.493 e. The van der Waals surface area contributed by atoms with Crippen molar-refractivity contribution in [2.45, 2.75) is 51.4 Å². The zero-order valence-electron chi connectivity index (χ0n) is 18.9. The molecule has 32 heavy (non-hydrogen) atoms. The van der Waals surface area contributed by atoms with Gasteiger partial charge < -0.3 is 14.8 Å². The molecule has 1 N–H and O–H groups in total. The van der Waals surface area contributed by atoms with Crippen LogP contribution in [0.3, 0.4) is 0 Å². The van der Waals surface area contributed by atoms with Gasteiger partial charge in [-0.3, -0.25) is 4.90 Å². The van der Waals surface area contributed by atoms with Gasteiger partial charge in [-0.15, -0.1) is 0 Å². The monoisotopic (exact) mass is 450 g/mol. The molecular formula is C25H33F3N2O2. The van der Waals surface area contributed by atoms with Gasteiger partial charge in [-0.2, -0.15) is 13.2 Å². The van der Waals surface area contributed by atoms with Gasteiger partial charge in [0.15, 0.2) is 11.5 Å². The molecule has 0 spiro atoms. The fraction of sp³-hybridized carbons (Fsp3) is 0.520. The topological polar surface area (TPSA) is 33.7 Å². The molecule has 0 aliphatic carbocycles. The number of ether oxygens (including phenoxy) is 2. The Labute approximate surface area is 188 Å². The molecule has 7 heteroatoms. The van der Waals surface area contributed by atoms with E-state index in [0.29, 0.717) is 13.2 Å². The number of benzene rings is 2. The second-order valence-corrected chi connectivity index (χ2v) is 8.40. The Morgan fingerprint density at radius 3 is 2.34 bits per heavy atom. The Balaban J connectivity index is 1.42. The van der Waals surface area contributed by atoms with Crippen LogP contribution in [0.25, 0.3) is 0 Å². The lowest BCUT2D eigenvalue weighted by Crippen LogP contribution is -2.26. The van der Waals surface area contributed by atoms with Crippen molar-refractivity contribution in [2.24, 2.45) is 0 Å². The minimum absolute atomic E-state index is 0.222. The number of likely N-dealkylation sites (tertiary alicyclic amines) is 1. The van der Waals surface area contributed by atoms with Crippen LogP contribution < -0.4 is 14.8 Å². The van der Waals surface area contributed by atoms with Crippen molar-refractivity contribution < 1.29 is 22.6 Å². The van der Waals surface area contributed by atoms with Crippen molar-refractivity contribution in [1.82, 2.24) is 10.2 Å². The maximum atomic E-state index is 12.7. The molecule has 1 fully saturated rings. The molecule has 1 saturated heterocycles. The number of hydrogen-bond acceptors (Lipinski definition) is 4. The molecule has 0 bridgehead atoms. The molecular weight excluding hydrogens is 417 g/mol. The molecule has 0 saturated carbocycles. The zero-order valence-corrected chi connectivity index (χ0v) is 18.9. The third-order valence-electron chi connectivity index (χ3n) is 5.89. The maximum absolute atomic E-state index is 12.7. The summed E-state index contributed by atoms with van der Waals surface area (Å²) in [6.07, 6.45) is 0.0185. The fourth-order valence-electron chi connectivity index (χ4n) is 3.87. The van der Waals surface area contributed by atoms with Gasteiger partial charge in [0, 0.05) is 19.1 Å². The van der Waals surface area contributed by atoms with Gasteiger partial charge in [0.2, 0.25) is 0 Å². The molecule has 1 heterocycles. The third-order valence-corrected chi connectivity index (χ3v) is 5.89. The highest BCUT2D eigenvalue weighted by molar-refractivity contribution is 5.43. The molecule has 176 valence electrons. The minimum atomic E-state index is -4.30. The first-order chi connectivity index (χ1) is 15.3. The maximum Gasteiger partial charge on any atom is 0.416 e. The molecule has 1 aliphatic heterocycles. The summed E-state index contributed by atoms with van der Waals surface area (Å²) in [6.45, 7) is 6.52. The number of methoxy groups -OCH3 is 1. The smallest absolute Gasteiger partial charge is 0.416 e. The SMILES string of the molecule is COc1cc(CC[C@@H](C)NCc2ccc(C(F)(F)F)cc2)ccc1OCCN1CCCC1. The van der Waals surface area contributed by atoms with E-state index in [1.807, 2.05) is 12.1 Å². The van der Waals surface area contributed by atoms with Crippen molar-refractivity contribution in [1.29, 1.82) is 0 Å². The summed E-state index contributed by atoms with van der Waals surface area (Å²) in [7, 11) is 1.65. The Bertz CT molecular complexity index is 834. The number of hydrogen-bond donors (Lipinski definition) is 1. The van der Waals surface area contributed by atoms with Gasteiger partial charge >= 0.3 is 6.18 Å². The van der Waals surface area contributed by atoms with Crippen LogP contribution in [0.2, 0.25) is 0 Å². The second kappa shape index (κ2) is 11.6. The van der Waals surface area contributed by atoms with Crippen molar-refractivity contribution >= 4 is 0 Å². The van der Waals surface area contributed by atoms with Gasteiger partial charge in [-0.05, 0) is 81.1 Å². The second-order valence-electron chi connectivity index (χ2n) is 8.40. The predicted molar refractivity (Wildman–Crippen MR) is 120 cm³/mol. The number of aryl methyl sites for hydroxylation is 1. The average molecular weight is 451 g/mol. The summed E-state index contributed by atoms with van der Waals surface area (Å²) in [4.78, 5) is 2.42. The van der Waals surface area contributed by atoms with Gasteiger partial charge in [-0.25, -0.2) is 0 Å².